The van der Waals surface area contributed by atoms with Crippen molar-refractivity contribution in [2.24, 2.45) is 5.92 Å². The number of aromatic nitrogens is 8. The molecule has 0 radical (unpaired) electrons. The molecule has 1 saturated carbocycles. The summed E-state index contributed by atoms with van der Waals surface area (Å²) in [5.74, 6) is -0.576. The molecule has 4 aromatic rings. The van der Waals surface area contributed by atoms with Gasteiger partial charge in [0, 0.05) is 24.9 Å². The number of H-pyrrole nitrogens is 1. The SMILES string of the molecule is Nc1nc2c(ncn2[C@@H]2O[C@@H]3COP(=O)(S)O[C@H]4C[C@H](n5cnc6cncnc65)C[C@@H]4CNS(=O)(=O)O[C@@H]2C3)c(=O)[nH]1. The normalized spacial score (nSPS) is 33.6. The van der Waals surface area contributed by atoms with Gasteiger partial charge in [-0.05, 0) is 12.8 Å². The minimum Gasteiger partial charge on any atom is -0.369 e. The zero-order valence-electron chi connectivity index (χ0n) is 21.6. The quantitative estimate of drug-likeness (QED) is 0.172. The molecule has 0 aromatic carbocycles. The molecular formula is C21H25N10O8PS2. The summed E-state index contributed by atoms with van der Waals surface area (Å²) in [6, 6.07) is -0.187. The lowest BCUT2D eigenvalue weighted by Gasteiger charge is -2.25. The van der Waals surface area contributed by atoms with E-state index in [1.807, 2.05) is 4.57 Å². The van der Waals surface area contributed by atoms with Crippen LogP contribution in [0.4, 0.5) is 5.95 Å². The molecule has 18 nitrogen and oxygen atoms in total. The maximum absolute atomic E-state index is 13.3. The van der Waals surface area contributed by atoms with Crippen LogP contribution in [0.15, 0.2) is 30.0 Å². The highest BCUT2D eigenvalue weighted by Crippen LogP contribution is 2.57. The Morgan fingerprint density at radius 3 is 2.79 bits per heavy atom. The molecule has 7 atom stereocenters. The van der Waals surface area contributed by atoms with Crippen molar-refractivity contribution in [1.82, 2.24) is 43.8 Å². The largest absolute Gasteiger partial charge is 0.386 e. The van der Waals surface area contributed by atoms with Crippen LogP contribution in [0, 0.1) is 5.92 Å². The first kappa shape index (κ1) is 27.8. The number of nitrogens with zero attached hydrogens (tertiary/aromatic N) is 7. The van der Waals surface area contributed by atoms with Crippen molar-refractivity contribution in [3.63, 3.8) is 0 Å². The molecule has 3 aliphatic rings. The van der Waals surface area contributed by atoms with E-state index in [1.54, 1.807) is 12.5 Å². The van der Waals surface area contributed by atoms with E-state index in [-0.39, 0.29) is 42.7 Å². The van der Waals surface area contributed by atoms with Crippen LogP contribution in [0.2, 0.25) is 0 Å². The van der Waals surface area contributed by atoms with Crippen LogP contribution in [0.1, 0.15) is 31.5 Å². The number of nitrogens with two attached hydrogens (primary N) is 1. The van der Waals surface area contributed by atoms with Gasteiger partial charge in [-0.15, -0.1) is 0 Å². The fourth-order valence-electron chi connectivity index (χ4n) is 5.75. The van der Waals surface area contributed by atoms with E-state index in [0.29, 0.717) is 24.0 Å². The highest BCUT2D eigenvalue weighted by Gasteiger charge is 2.45. The van der Waals surface area contributed by atoms with Crippen molar-refractivity contribution in [3.8, 4) is 0 Å². The van der Waals surface area contributed by atoms with Gasteiger partial charge in [0.25, 0.3) is 5.56 Å². The van der Waals surface area contributed by atoms with E-state index in [2.05, 4.69) is 46.9 Å². The average molecular weight is 641 g/mol. The Kier molecular flexibility index (Phi) is 6.85. The summed E-state index contributed by atoms with van der Waals surface area (Å²) in [4.78, 5) is 35.5. The molecule has 2 aliphatic heterocycles. The number of rotatable bonds is 2. The topological polar surface area (TPSA) is 233 Å². The lowest BCUT2D eigenvalue weighted by atomic mass is 10.1. The number of nitrogen functional groups attached to an aromatic ring is 1. The zero-order valence-corrected chi connectivity index (χ0v) is 24.2. The summed E-state index contributed by atoms with van der Waals surface area (Å²) in [5.41, 5.74) is 6.41. The van der Waals surface area contributed by atoms with Crippen LogP contribution >= 0.6 is 19.0 Å². The van der Waals surface area contributed by atoms with Crippen LogP contribution in [0.5, 0.6) is 0 Å². The smallest absolute Gasteiger partial charge is 0.369 e. The molecule has 2 bridgehead atoms. The third-order valence-corrected chi connectivity index (χ3v) is 10.2. The maximum Gasteiger partial charge on any atom is 0.386 e. The van der Waals surface area contributed by atoms with Crippen LogP contribution < -0.4 is 16.0 Å². The first-order valence-electron chi connectivity index (χ1n) is 12.9. The van der Waals surface area contributed by atoms with Gasteiger partial charge in [-0.1, -0.05) is 12.2 Å². The van der Waals surface area contributed by atoms with Gasteiger partial charge in [0.15, 0.2) is 23.0 Å². The Balaban J connectivity index is 1.17. The number of hydrogen-bond donors (Lipinski definition) is 4. The Bertz CT molecular complexity index is 1880. The second kappa shape index (κ2) is 10.3. The number of fused-ring (bicyclic) bond motifs is 5. The number of hydrogen-bond acceptors (Lipinski definition) is 14. The highest BCUT2D eigenvalue weighted by molar-refractivity contribution is 8.44. The van der Waals surface area contributed by atoms with Gasteiger partial charge in [0.2, 0.25) is 5.95 Å². The Hall–Kier alpha value is -2.97. The number of imidazole rings is 2. The number of ether oxygens (including phenoxy) is 1. The second-order valence-corrected chi connectivity index (χ2v) is 14.5. The molecule has 6 heterocycles. The standard InChI is InChI=1S/C21H25N10O8PS2/c22-21-28-18-16(19(32)29-21)26-9-31(18)20-15-3-12(37-20)6-36-40(33,41)38-14-2-11(1-10(14)4-27-42(34,35)39-15)30-8-25-13-5-23-7-24-17(13)30/h5,7-12,14-15,20,27H,1-4,6H2,(H,33,41)(H3,22,28,29,32)/t10-,11-,12+,14+,15-,20-,40?/m1/s1. The molecular weight excluding hydrogens is 615 g/mol. The number of anilines is 1. The minimum absolute atomic E-state index is 0.0196. The Morgan fingerprint density at radius 1 is 1.10 bits per heavy atom. The van der Waals surface area contributed by atoms with Crippen molar-refractivity contribution in [2.45, 2.75) is 49.8 Å². The van der Waals surface area contributed by atoms with Gasteiger partial charge in [-0.2, -0.15) is 18.1 Å². The van der Waals surface area contributed by atoms with Crippen LogP contribution in [-0.2, 0) is 32.8 Å². The highest BCUT2D eigenvalue weighted by atomic mass is 32.7. The second-order valence-electron chi connectivity index (χ2n) is 10.3. The lowest BCUT2D eigenvalue weighted by Crippen LogP contribution is -2.37. The van der Waals surface area contributed by atoms with Gasteiger partial charge >= 0.3 is 17.1 Å². The van der Waals surface area contributed by atoms with Crippen molar-refractivity contribution < 1.29 is 31.0 Å². The monoisotopic (exact) mass is 640 g/mol. The maximum atomic E-state index is 13.3. The molecule has 224 valence electrons. The van der Waals surface area contributed by atoms with E-state index in [4.69, 9.17) is 23.7 Å². The van der Waals surface area contributed by atoms with Crippen molar-refractivity contribution in [1.29, 1.82) is 0 Å². The van der Waals surface area contributed by atoms with E-state index in [0.717, 1.165) is 0 Å². The van der Waals surface area contributed by atoms with Gasteiger partial charge in [0.05, 0.1) is 37.7 Å². The summed E-state index contributed by atoms with van der Waals surface area (Å²) in [7, 11) is -4.32. The Labute approximate surface area is 242 Å². The molecule has 21 heteroatoms. The summed E-state index contributed by atoms with van der Waals surface area (Å²) in [5, 5.41) is 0. The van der Waals surface area contributed by atoms with Gasteiger partial charge in [-0.3, -0.25) is 23.4 Å². The van der Waals surface area contributed by atoms with Crippen molar-refractivity contribution >= 4 is 57.6 Å². The van der Waals surface area contributed by atoms with Gasteiger partial charge < -0.3 is 15.0 Å². The lowest BCUT2D eigenvalue weighted by molar-refractivity contribution is -0.0419. The summed E-state index contributed by atoms with van der Waals surface area (Å²) < 4.78 is 68.5. The third kappa shape index (κ3) is 5.21. The molecule has 1 unspecified atom stereocenters. The summed E-state index contributed by atoms with van der Waals surface area (Å²) in [6.45, 7) is -4.24. The number of thiol groups is 1. The van der Waals surface area contributed by atoms with Crippen molar-refractivity contribution in [2.75, 3.05) is 18.9 Å². The minimum atomic E-state index is -4.32. The molecule has 2 saturated heterocycles. The summed E-state index contributed by atoms with van der Waals surface area (Å²) >= 11 is 4.20. The van der Waals surface area contributed by atoms with Crippen LogP contribution in [0.3, 0.4) is 0 Å². The molecule has 3 fully saturated rings. The van der Waals surface area contributed by atoms with Gasteiger partial charge in [0.1, 0.15) is 17.9 Å². The molecule has 4 N–H and O–H groups in total. The summed E-state index contributed by atoms with van der Waals surface area (Å²) in [6.07, 6.45) is 3.18. The van der Waals surface area contributed by atoms with E-state index in [1.165, 1.54) is 17.2 Å². The fraction of sp³-hybridized carbons (Fsp3) is 0.524. The van der Waals surface area contributed by atoms with Crippen molar-refractivity contribution in [3.05, 3.63) is 35.5 Å². The molecule has 7 rings (SSSR count). The first-order chi connectivity index (χ1) is 20.1. The average Bonchev–Trinajstić information content (AvgIpc) is 3.70. The molecule has 42 heavy (non-hydrogen) atoms. The molecule has 1 aliphatic carbocycles. The van der Waals surface area contributed by atoms with Gasteiger partial charge in [-0.25, -0.2) is 28.7 Å². The number of aromatic amines is 1. The van der Waals surface area contributed by atoms with Crippen LogP contribution in [0.25, 0.3) is 22.3 Å². The van der Waals surface area contributed by atoms with E-state index < -0.39 is 53.1 Å². The fourth-order valence-corrected chi connectivity index (χ4v) is 8.31. The number of nitrogens with one attached hydrogen (secondary N) is 2. The Morgan fingerprint density at radius 2 is 1.93 bits per heavy atom. The molecule has 0 spiro atoms. The zero-order chi connectivity index (χ0) is 29.2. The predicted octanol–water partition coefficient (Wildman–Crippen LogP) is 0.453. The van der Waals surface area contributed by atoms with Crippen LogP contribution in [-0.4, -0.2) is 78.9 Å². The first-order valence-corrected chi connectivity index (χ1v) is 17.0. The van der Waals surface area contributed by atoms with E-state index >= 15 is 0 Å². The third-order valence-electron chi connectivity index (χ3n) is 7.57. The van der Waals surface area contributed by atoms with E-state index in [9.17, 15) is 17.8 Å². The predicted molar refractivity (Wildman–Crippen MR) is 147 cm³/mol. The molecule has 0 amide bonds. The molecule has 4 aromatic heterocycles.